The van der Waals surface area contributed by atoms with Gasteiger partial charge in [-0.3, -0.25) is 19.4 Å². The number of benzene rings is 1. The number of likely N-dealkylation sites (N-methyl/N-ethyl adjacent to an activating group) is 1. The summed E-state index contributed by atoms with van der Waals surface area (Å²) in [6, 6.07) is 6.28. The van der Waals surface area contributed by atoms with E-state index in [0.717, 1.165) is 38.2 Å². The minimum atomic E-state index is -0.292. The molecule has 1 saturated heterocycles. The Morgan fingerprint density at radius 3 is 2.50 bits per heavy atom. The molecule has 156 valence electrons. The number of rotatable bonds is 8. The van der Waals surface area contributed by atoms with Crippen LogP contribution in [0.4, 0.5) is 4.39 Å². The number of amides is 2. The summed E-state index contributed by atoms with van der Waals surface area (Å²) in [6.45, 7) is 9.77. The molecular weight excluding hydrogens is 359 g/mol. The van der Waals surface area contributed by atoms with Gasteiger partial charge in [-0.1, -0.05) is 19.1 Å². The van der Waals surface area contributed by atoms with E-state index in [-0.39, 0.29) is 29.7 Å². The molecular formula is C21H33FN4O2. The number of carbonyl (C=O) groups is 2. The summed E-state index contributed by atoms with van der Waals surface area (Å²) in [5.74, 6) is -0.214. The van der Waals surface area contributed by atoms with Crippen molar-refractivity contribution in [3.05, 3.63) is 35.6 Å². The van der Waals surface area contributed by atoms with Gasteiger partial charge in [0, 0.05) is 45.8 Å². The van der Waals surface area contributed by atoms with Gasteiger partial charge in [0.2, 0.25) is 11.8 Å². The van der Waals surface area contributed by atoms with E-state index >= 15 is 0 Å². The normalized spacial score (nSPS) is 17.8. The van der Waals surface area contributed by atoms with Crippen LogP contribution in [0.3, 0.4) is 0 Å². The molecule has 2 amide bonds. The van der Waals surface area contributed by atoms with Gasteiger partial charge in [-0.05, 0) is 38.0 Å². The largest absolute Gasteiger partial charge is 0.353 e. The maximum absolute atomic E-state index is 13.3. The second kappa shape index (κ2) is 10.5. The lowest BCUT2D eigenvalue weighted by Crippen LogP contribution is -2.55. The maximum atomic E-state index is 13.3. The molecule has 0 radical (unpaired) electrons. The van der Waals surface area contributed by atoms with E-state index in [1.54, 1.807) is 18.0 Å². The molecule has 1 heterocycles. The van der Waals surface area contributed by atoms with Crippen molar-refractivity contribution >= 4 is 11.8 Å². The van der Waals surface area contributed by atoms with Crippen molar-refractivity contribution in [1.29, 1.82) is 0 Å². The van der Waals surface area contributed by atoms with Gasteiger partial charge in [0.25, 0.3) is 0 Å². The van der Waals surface area contributed by atoms with Gasteiger partial charge in [0.15, 0.2) is 0 Å². The van der Waals surface area contributed by atoms with Gasteiger partial charge in [-0.15, -0.1) is 0 Å². The van der Waals surface area contributed by atoms with E-state index in [1.165, 1.54) is 12.1 Å². The molecule has 0 bridgehead atoms. The molecule has 0 saturated carbocycles. The smallest absolute Gasteiger partial charge is 0.239 e. The van der Waals surface area contributed by atoms with E-state index in [2.05, 4.69) is 15.1 Å². The molecule has 1 aliphatic rings. The van der Waals surface area contributed by atoms with Crippen molar-refractivity contribution in [3.63, 3.8) is 0 Å². The Balaban J connectivity index is 1.79. The van der Waals surface area contributed by atoms with Crippen LogP contribution < -0.4 is 5.32 Å². The monoisotopic (exact) mass is 392 g/mol. The van der Waals surface area contributed by atoms with E-state index in [0.29, 0.717) is 13.1 Å². The first kappa shape index (κ1) is 22.3. The van der Waals surface area contributed by atoms with Gasteiger partial charge in [-0.2, -0.15) is 0 Å². The number of piperazine rings is 1. The van der Waals surface area contributed by atoms with Crippen molar-refractivity contribution in [2.24, 2.45) is 0 Å². The van der Waals surface area contributed by atoms with Crippen LogP contribution in [0.15, 0.2) is 24.3 Å². The van der Waals surface area contributed by atoms with Crippen molar-refractivity contribution in [2.45, 2.75) is 45.8 Å². The zero-order valence-corrected chi connectivity index (χ0v) is 17.4. The summed E-state index contributed by atoms with van der Waals surface area (Å²) < 4.78 is 13.3. The minimum Gasteiger partial charge on any atom is -0.353 e. The molecule has 7 heteroatoms. The number of halogens is 1. The third-order valence-corrected chi connectivity index (χ3v) is 5.38. The van der Waals surface area contributed by atoms with Gasteiger partial charge >= 0.3 is 0 Å². The maximum Gasteiger partial charge on any atom is 0.239 e. The third kappa shape index (κ3) is 6.56. The highest BCUT2D eigenvalue weighted by molar-refractivity contribution is 5.81. The van der Waals surface area contributed by atoms with Gasteiger partial charge in [0.1, 0.15) is 5.82 Å². The van der Waals surface area contributed by atoms with Crippen LogP contribution in [0.25, 0.3) is 0 Å². The standard InChI is InChI=1S/C21H33FN4O2/c1-5-16(2)23-20(27)15-25-9-11-26(12-10-25)17(3)21(28)24(4)14-18-7-6-8-19(22)13-18/h6-8,13,16-17H,5,9-12,14-15H2,1-4H3,(H,23,27). The predicted molar refractivity (Wildman–Crippen MR) is 108 cm³/mol. The second-order valence-electron chi connectivity index (χ2n) is 7.69. The number of hydrogen-bond donors (Lipinski definition) is 1. The molecule has 0 aromatic heterocycles. The van der Waals surface area contributed by atoms with Crippen molar-refractivity contribution in [3.8, 4) is 0 Å². The molecule has 1 aliphatic heterocycles. The molecule has 1 N–H and O–H groups in total. The van der Waals surface area contributed by atoms with Gasteiger partial charge in [-0.25, -0.2) is 4.39 Å². The predicted octanol–water partition coefficient (Wildman–Crippen LogP) is 1.70. The lowest BCUT2D eigenvalue weighted by molar-refractivity contribution is -0.136. The van der Waals surface area contributed by atoms with E-state index in [4.69, 9.17) is 0 Å². The Bertz CT molecular complexity index is 662. The number of hydrogen-bond acceptors (Lipinski definition) is 4. The Labute approximate surface area is 167 Å². The van der Waals surface area contributed by atoms with Crippen LogP contribution >= 0.6 is 0 Å². The van der Waals surface area contributed by atoms with Gasteiger partial charge < -0.3 is 10.2 Å². The first-order valence-corrected chi connectivity index (χ1v) is 10.0. The zero-order valence-electron chi connectivity index (χ0n) is 17.4. The highest BCUT2D eigenvalue weighted by atomic mass is 19.1. The Morgan fingerprint density at radius 2 is 1.89 bits per heavy atom. The Hall–Kier alpha value is -1.99. The quantitative estimate of drug-likeness (QED) is 0.732. The van der Waals surface area contributed by atoms with Crippen LogP contribution in [0.1, 0.15) is 32.8 Å². The van der Waals surface area contributed by atoms with Crippen LogP contribution in [-0.4, -0.2) is 78.4 Å². The fourth-order valence-corrected chi connectivity index (χ4v) is 3.40. The first-order chi connectivity index (χ1) is 13.3. The van der Waals surface area contributed by atoms with Crippen LogP contribution in [0, 0.1) is 5.82 Å². The second-order valence-corrected chi connectivity index (χ2v) is 7.69. The fourth-order valence-electron chi connectivity index (χ4n) is 3.40. The SMILES string of the molecule is CCC(C)NC(=O)CN1CCN(C(C)C(=O)N(C)Cc2cccc(F)c2)CC1. The summed E-state index contributed by atoms with van der Waals surface area (Å²) in [4.78, 5) is 30.7. The summed E-state index contributed by atoms with van der Waals surface area (Å²) in [6.07, 6.45) is 0.919. The van der Waals surface area contributed by atoms with E-state index in [1.807, 2.05) is 26.8 Å². The molecule has 6 nitrogen and oxygen atoms in total. The lowest BCUT2D eigenvalue weighted by atomic mass is 10.1. The van der Waals surface area contributed by atoms with E-state index < -0.39 is 0 Å². The molecule has 1 fully saturated rings. The third-order valence-electron chi connectivity index (χ3n) is 5.38. The van der Waals surface area contributed by atoms with Crippen molar-refractivity contribution in [2.75, 3.05) is 39.8 Å². The Morgan fingerprint density at radius 1 is 1.21 bits per heavy atom. The average Bonchev–Trinajstić information content (AvgIpc) is 2.67. The van der Waals surface area contributed by atoms with Crippen molar-refractivity contribution < 1.29 is 14.0 Å². The lowest BCUT2D eigenvalue weighted by Gasteiger charge is -2.38. The van der Waals surface area contributed by atoms with Gasteiger partial charge in [0.05, 0.1) is 12.6 Å². The fraction of sp³-hybridized carbons (Fsp3) is 0.619. The first-order valence-electron chi connectivity index (χ1n) is 10.0. The summed E-state index contributed by atoms with van der Waals surface area (Å²) in [7, 11) is 1.75. The van der Waals surface area contributed by atoms with Crippen LogP contribution in [0.2, 0.25) is 0 Å². The number of nitrogens with zero attached hydrogens (tertiary/aromatic N) is 3. The highest BCUT2D eigenvalue weighted by Gasteiger charge is 2.28. The highest BCUT2D eigenvalue weighted by Crippen LogP contribution is 2.12. The average molecular weight is 393 g/mol. The van der Waals surface area contributed by atoms with Crippen LogP contribution in [-0.2, 0) is 16.1 Å². The zero-order chi connectivity index (χ0) is 20.7. The summed E-state index contributed by atoms with van der Waals surface area (Å²) in [5, 5.41) is 2.99. The molecule has 2 rings (SSSR count). The summed E-state index contributed by atoms with van der Waals surface area (Å²) in [5.41, 5.74) is 0.778. The molecule has 0 spiro atoms. The molecule has 1 aromatic carbocycles. The van der Waals surface area contributed by atoms with E-state index in [9.17, 15) is 14.0 Å². The minimum absolute atomic E-state index is 0.0206. The topological polar surface area (TPSA) is 55.9 Å². The molecule has 2 atom stereocenters. The summed E-state index contributed by atoms with van der Waals surface area (Å²) >= 11 is 0. The molecule has 0 aliphatic carbocycles. The molecule has 28 heavy (non-hydrogen) atoms. The van der Waals surface area contributed by atoms with Crippen LogP contribution in [0.5, 0.6) is 0 Å². The molecule has 2 unspecified atom stereocenters. The Kier molecular flexibility index (Phi) is 8.38. The molecule has 1 aromatic rings. The number of nitrogens with one attached hydrogen (secondary N) is 1. The number of carbonyl (C=O) groups excluding carboxylic acids is 2. The van der Waals surface area contributed by atoms with Crippen molar-refractivity contribution in [1.82, 2.24) is 20.0 Å².